The van der Waals surface area contributed by atoms with Crippen LogP contribution in [0.1, 0.15) is 38.8 Å². The number of hydrogen-bond donors (Lipinski definition) is 1. The van der Waals surface area contributed by atoms with E-state index in [9.17, 15) is 4.79 Å². The molecule has 1 aliphatic heterocycles. The van der Waals surface area contributed by atoms with E-state index in [0.29, 0.717) is 18.0 Å². The molecule has 3 rings (SSSR count). The van der Waals surface area contributed by atoms with Crippen molar-refractivity contribution in [1.29, 1.82) is 0 Å². The molecule has 1 unspecified atom stereocenters. The van der Waals surface area contributed by atoms with Crippen molar-refractivity contribution in [1.82, 2.24) is 15.1 Å². The number of nitrogens with one attached hydrogen (secondary N) is 1. The van der Waals surface area contributed by atoms with Crippen LogP contribution < -0.4 is 5.32 Å². The fourth-order valence-corrected chi connectivity index (χ4v) is 4.01. The zero-order valence-electron chi connectivity index (χ0n) is 22.6. The van der Waals surface area contributed by atoms with Crippen molar-refractivity contribution in [3.63, 3.8) is 0 Å². The molecular weight excluding hydrogens is 466 g/mol. The molecular formula is C31H44ClN3O. The van der Waals surface area contributed by atoms with Crippen molar-refractivity contribution in [3.05, 3.63) is 108 Å². The predicted molar refractivity (Wildman–Crippen MR) is 156 cm³/mol. The molecule has 1 heterocycles. The monoisotopic (exact) mass is 509 g/mol. The zero-order chi connectivity index (χ0) is 26.8. The van der Waals surface area contributed by atoms with Crippen molar-refractivity contribution in [2.45, 2.75) is 46.7 Å². The lowest BCUT2D eigenvalue weighted by molar-refractivity contribution is -0.135. The van der Waals surface area contributed by atoms with E-state index in [2.05, 4.69) is 35.5 Å². The van der Waals surface area contributed by atoms with Crippen LogP contribution in [0.15, 0.2) is 91.6 Å². The van der Waals surface area contributed by atoms with Gasteiger partial charge in [0.25, 0.3) is 0 Å². The molecule has 1 N–H and O–H groups in total. The van der Waals surface area contributed by atoms with Gasteiger partial charge in [-0.2, -0.15) is 0 Å². The second-order valence-corrected chi connectivity index (χ2v) is 8.47. The Morgan fingerprint density at radius 2 is 1.56 bits per heavy atom. The molecule has 2 aromatic carbocycles. The minimum Gasteiger partial charge on any atom is -0.339 e. The molecule has 0 aromatic heterocycles. The Kier molecular flexibility index (Phi) is 16.2. The average molecular weight is 510 g/mol. The van der Waals surface area contributed by atoms with Gasteiger partial charge in [0.05, 0.1) is 6.04 Å². The van der Waals surface area contributed by atoms with Crippen molar-refractivity contribution >= 4 is 17.5 Å². The first kappa shape index (κ1) is 31.4. The van der Waals surface area contributed by atoms with E-state index in [0.717, 1.165) is 49.4 Å². The van der Waals surface area contributed by atoms with Gasteiger partial charge in [0.15, 0.2) is 0 Å². The van der Waals surface area contributed by atoms with Crippen LogP contribution in [0.25, 0.3) is 0 Å². The van der Waals surface area contributed by atoms with E-state index in [1.54, 1.807) is 6.08 Å². The Balaban J connectivity index is 0.00000154. The van der Waals surface area contributed by atoms with E-state index in [-0.39, 0.29) is 11.9 Å². The number of carbonyl (C=O) groups is 1. The minimum atomic E-state index is -0.274. The average Bonchev–Trinajstić information content (AvgIpc) is 2.94. The van der Waals surface area contributed by atoms with Crippen LogP contribution in [0.2, 0.25) is 5.02 Å². The van der Waals surface area contributed by atoms with Crippen molar-refractivity contribution < 1.29 is 4.79 Å². The number of rotatable bonds is 10. The molecule has 0 bridgehead atoms. The maximum atomic E-state index is 13.4. The number of benzene rings is 2. The van der Waals surface area contributed by atoms with Crippen LogP contribution in [-0.2, 0) is 17.8 Å². The molecule has 2 aromatic rings. The van der Waals surface area contributed by atoms with Gasteiger partial charge in [-0.3, -0.25) is 9.69 Å². The number of halogens is 1. The zero-order valence-corrected chi connectivity index (χ0v) is 23.3. The number of nitrogens with zero attached hydrogens (tertiary/aromatic N) is 2. The van der Waals surface area contributed by atoms with Gasteiger partial charge in [-0.05, 0) is 35.3 Å². The third-order valence-corrected chi connectivity index (χ3v) is 5.98. The van der Waals surface area contributed by atoms with Crippen LogP contribution in [0.3, 0.4) is 0 Å². The summed E-state index contributed by atoms with van der Waals surface area (Å²) >= 11 is 6.00. The second kappa shape index (κ2) is 18.6. The highest BCUT2D eigenvalue weighted by Gasteiger charge is 2.27. The lowest BCUT2D eigenvalue weighted by atomic mass is 10.0. The first-order chi connectivity index (χ1) is 17.6. The summed E-state index contributed by atoms with van der Waals surface area (Å²) < 4.78 is 0. The molecule has 0 saturated carbocycles. The van der Waals surface area contributed by atoms with Gasteiger partial charge >= 0.3 is 0 Å². The van der Waals surface area contributed by atoms with Gasteiger partial charge in [-0.15, -0.1) is 0 Å². The standard InChI is InChI=1S/C27H32ClN3O.2C2H6/c1-3-8-22(4-2)21-30-15-17-31(18-16-30)27(32)26(19-23-9-6-5-7-10-23)29-20-24-11-13-25(28)14-12-24;2*1-2/h3-14,26,29H,1-2,15-21H2;2*1-2H3/b22-8+;;. The number of piperazine rings is 1. The molecule has 4 nitrogen and oxygen atoms in total. The Morgan fingerprint density at radius 1 is 0.944 bits per heavy atom. The largest absolute Gasteiger partial charge is 0.339 e. The minimum absolute atomic E-state index is 0.160. The molecule has 36 heavy (non-hydrogen) atoms. The molecule has 196 valence electrons. The first-order valence-electron chi connectivity index (χ1n) is 13.1. The maximum absolute atomic E-state index is 13.4. The van der Waals surface area contributed by atoms with Crippen molar-refractivity contribution in [2.24, 2.45) is 0 Å². The van der Waals surface area contributed by atoms with Crippen molar-refractivity contribution in [2.75, 3.05) is 32.7 Å². The summed E-state index contributed by atoms with van der Waals surface area (Å²) in [5, 5.41) is 4.20. The van der Waals surface area contributed by atoms with E-state index in [1.807, 2.05) is 87.2 Å². The maximum Gasteiger partial charge on any atom is 0.240 e. The number of carbonyl (C=O) groups excluding carboxylic acids is 1. The van der Waals surface area contributed by atoms with Crippen LogP contribution in [0.5, 0.6) is 0 Å². The van der Waals surface area contributed by atoms with Gasteiger partial charge in [-0.1, -0.05) is 113 Å². The van der Waals surface area contributed by atoms with Crippen molar-refractivity contribution in [3.8, 4) is 0 Å². The molecule has 1 fully saturated rings. The highest BCUT2D eigenvalue weighted by atomic mass is 35.5. The Bertz CT molecular complexity index is 917. The summed E-state index contributed by atoms with van der Waals surface area (Å²) in [6, 6.07) is 17.6. The molecule has 0 radical (unpaired) electrons. The number of amides is 1. The van der Waals surface area contributed by atoms with Gasteiger partial charge in [0, 0.05) is 44.3 Å². The van der Waals surface area contributed by atoms with Gasteiger partial charge in [-0.25, -0.2) is 0 Å². The first-order valence-corrected chi connectivity index (χ1v) is 13.4. The third-order valence-electron chi connectivity index (χ3n) is 5.73. The van der Waals surface area contributed by atoms with E-state index >= 15 is 0 Å². The topological polar surface area (TPSA) is 35.6 Å². The summed E-state index contributed by atoms with van der Waals surface area (Å²) in [4.78, 5) is 17.8. The number of hydrogen-bond acceptors (Lipinski definition) is 3. The van der Waals surface area contributed by atoms with Gasteiger partial charge < -0.3 is 10.2 Å². The molecule has 5 heteroatoms. The predicted octanol–water partition coefficient (Wildman–Crippen LogP) is 6.54. The molecule has 1 aliphatic rings. The Labute approximate surface area is 224 Å². The van der Waals surface area contributed by atoms with Crippen LogP contribution >= 0.6 is 11.6 Å². The molecule has 1 saturated heterocycles. The smallest absolute Gasteiger partial charge is 0.240 e. The Hall–Kier alpha value is -2.66. The van der Waals surface area contributed by atoms with Gasteiger partial charge in [0.2, 0.25) is 5.91 Å². The van der Waals surface area contributed by atoms with E-state index in [1.165, 1.54) is 0 Å². The van der Waals surface area contributed by atoms with E-state index < -0.39 is 0 Å². The summed E-state index contributed by atoms with van der Waals surface area (Å²) in [6.45, 7) is 20.3. The molecule has 1 atom stereocenters. The highest BCUT2D eigenvalue weighted by Crippen LogP contribution is 2.13. The van der Waals surface area contributed by atoms with Crippen LogP contribution in [-0.4, -0.2) is 54.5 Å². The summed E-state index contributed by atoms with van der Waals surface area (Å²) in [5.41, 5.74) is 3.40. The third kappa shape index (κ3) is 10.9. The van der Waals surface area contributed by atoms with Crippen LogP contribution in [0.4, 0.5) is 0 Å². The normalized spacial score (nSPS) is 14.5. The summed E-state index contributed by atoms with van der Waals surface area (Å²) in [6.07, 6.45) is 6.31. The molecule has 1 amide bonds. The lowest BCUT2D eigenvalue weighted by Crippen LogP contribution is -2.54. The van der Waals surface area contributed by atoms with E-state index in [4.69, 9.17) is 11.6 Å². The lowest BCUT2D eigenvalue weighted by Gasteiger charge is -2.37. The highest BCUT2D eigenvalue weighted by molar-refractivity contribution is 6.30. The molecule has 0 aliphatic carbocycles. The fourth-order valence-electron chi connectivity index (χ4n) is 3.88. The Morgan fingerprint density at radius 3 is 2.11 bits per heavy atom. The summed E-state index contributed by atoms with van der Waals surface area (Å²) in [5.74, 6) is 0.160. The van der Waals surface area contributed by atoms with Gasteiger partial charge in [0.1, 0.15) is 0 Å². The number of allylic oxidation sites excluding steroid dienone is 2. The second-order valence-electron chi connectivity index (χ2n) is 8.03. The SMILES string of the molecule is C=C/C=C(\C=C)CN1CCN(C(=O)C(Cc2ccccc2)NCc2ccc(Cl)cc2)CC1.CC.CC. The van der Waals surface area contributed by atoms with Crippen LogP contribution in [0, 0.1) is 0 Å². The quantitative estimate of drug-likeness (QED) is 0.369. The summed E-state index contributed by atoms with van der Waals surface area (Å²) in [7, 11) is 0. The fraction of sp³-hybridized carbons (Fsp3) is 0.387. The molecule has 0 spiro atoms.